The third-order valence-corrected chi connectivity index (χ3v) is 2.72. The van der Waals surface area contributed by atoms with Crippen LogP contribution in [0.4, 0.5) is 0 Å². The zero-order valence-electron chi connectivity index (χ0n) is 6.32. The zero-order valence-corrected chi connectivity index (χ0v) is 7.89. The lowest BCUT2D eigenvalue weighted by atomic mass is 10.1. The van der Waals surface area contributed by atoms with Crippen LogP contribution in [0.15, 0.2) is 11.4 Å². The largest absolute Gasteiger partial charge is 0.291 e. The van der Waals surface area contributed by atoms with Crippen molar-refractivity contribution < 1.29 is 4.79 Å². The van der Waals surface area contributed by atoms with Gasteiger partial charge in [-0.2, -0.15) is 10.5 Å². The molecule has 0 saturated carbocycles. The number of Topliss-reactive ketones (excluding diaryl/α,β-unsaturated/α-hetero) is 1. The molecular formula is C8H3ClN2OS. The van der Waals surface area contributed by atoms with Crippen LogP contribution < -0.4 is 0 Å². The van der Waals surface area contributed by atoms with Crippen LogP contribution in [0.2, 0.25) is 5.02 Å². The summed E-state index contributed by atoms with van der Waals surface area (Å²) < 4.78 is 0. The molecule has 0 aromatic carbocycles. The minimum atomic E-state index is -1.25. The summed E-state index contributed by atoms with van der Waals surface area (Å²) in [6, 6.07) is 4.77. The van der Waals surface area contributed by atoms with Gasteiger partial charge >= 0.3 is 0 Å². The van der Waals surface area contributed by atoms with Gasteiger partial charge in [-0.05, 0) is 11.4 Å². The third-order valence-electron chi connectivity index (χ3n) is 1.36. The molecular weight excluding hydrogens is 208 g/mol. The molecule has 5 heteroatoms. The van der Waals surface area contributed by atoms with Gasteiger partial charge in [0, 0.05) is 0 Å². The van der Waals surface area contributed by atoms with Crippen molar-refractivity contribution in [3.8, 4) is 12.1 Å². The molecule has 0 N–H and O–H groups in total. The van der Waals surface area contributed by atoms with Crippen LogP contribution in [0.5, 0.6) is 0 Å². The molecule has 0 spiro atoms. The fourth-order valence-corrected chi connectivity index (χ4v) is 1.87. The van der Waals surface area contributed by atoms with Crippen molar-refractivity contribution in [2.24, 2.45) is 5.92 Å². The first kappa shape index (κ1) is 9.73. The van der Waals surface area contributed by atoms with E-state index in [-0.39, 0.29) is 4.88 Å². The van der Waals surface area contributed by atoms with Crippen molar-refractivity contribution in [2.45, 2.75) is 0 Å². The summed E-state index contributed by atoms with van der Waals surface area (Å²) in [6.07, 6.45) is 0. The highest BCUT2D eigenvalue weighted by molar-refractivity contribution is 7.12. The topological polar surface area (TPSA) is 64.7 Å². The van der Waals surface area contributed by atoms with Gasteiger partial charge in [0.2, 0.25) is 5.78 Å². The molecule has 1 aromatic rings. The molecule has 0 aliphatic carbocycles. The second-order valence-corrected chi connectivity index (χ2v) is 3.48. The Morgan fingerprint density at radius 2 is 2.15 bits per heavy atom. The molecule has 0 fully saturated rings. The fraction of sp³-hybridized carbons (Fsp3) is 0.125. The summed E-state index contributed by atoms with van der Waals surface area (Å²) in [5.74, 6) is -1.78. The number of halogens is 1. The molecule has 0 radical (unpaired) electrons. The van der Waals surface area contributed by atoms with Gasteiger partial charge in [-0.15, -0.1) is 11.3 Å². The number of carbonyl (C=O) groups is 1. The van der Waals surface area contributed by atoms with E-state index in [1.54, 1.807) is 23.6 Å². The first-order valence-corrected chi connectivity index (χ1v) is 4.53. The Morgan fingerprint density at radius 3 is 2.54 bits per heavy atom. The number of carbonyl (C=O) groups excluding carboxylic acids is 1. The quantitative estimate of drug-likeness (QED) is 0.704. The number of rotatable bonds is 2. The minimum Gasteiger partial charge on any atom is -0.291 e. The van der Waals surface area contributed by atoms with E-state index < -0.39 is 11.7 Å². The third kappa shape index (κ3) is 1.86. The van der Waals surface area contributed by atoms with Crippen LogP contribution in [0.1, 0.15) is 9.67 Å². The summed E-state index contributed by atoms with van der Waals surface area (Å²) >= 11 is 6.80. The molecule has 0 bridgehead atoms. The molecule has 0 atom stereocenters. The lowest BCUT2D eigenvalue weighted by molar-refractivity contribution is 0.0975. The molecule has 0 aliphatic rings. The van der Waals surface area contributed by atoms with E-state index in [0.29, 0.717) is 5.02 Å². The molecule has 0 amide bonds. The van der Waals surface area contributed by atoms with E-state index in [1.165, 1.54) is 0 Å². The summed E-state index contributed by atoms with van der Waals surface area (Å²) in [7, 11) is 0. The predicted octanol–water partition coefficient (Wildman–Crippen LogP) is 2.25. The molecule has 0 saturated heterocycles. The Morgan fingerprint density at radius 1 is 1.54 bits per heavy atom. The maximum absolute atomic E-state index is 11.4. The standard InChI is InChI=1S/C8H3ClN2OS/c9-6-1-2-13-8(6)7(12)5(3-10)4-11/h1-2,5H. The number of hydrogen-bond donors (Lipinski definition) is 0. The van der Waals surface area contributed by atoms with Crippen molar-refractivity contribution in [1.29, 1.82) is 10.5 Å². The number of nitrogens with zero attached hydrogens (tertiary/aromatic N) is 2. The minimum absolute atomic E-state index is 0.273. The van der Waals surface area contributed by atoms with Gasteiger partial charge in [0.25, 0.3) is 0 Å². The van der Waals surface area contributed by atoms with Crippen molar-refractivity contribution in [3.63, 3.8) is 0 Å². The van der Waals surface area contributed by atoms with E-state index >= 15 is 0 Å². The van der Waals surface area contributed by atoms with E-state index in [2.05, 4.69) is 0 Å². The second kappa shape index (κ2) is 4.04. The average Bonchev–Trinajstić information content (AvgIpc) is 2.53. The highest BCUT2D eigenvalue weighted by atomic mass is 35.5. The highest BCUT2D eigenvalue weighted by Gasteiger charge is 2.22. The van der Waals surface area contributed by atoms with Crippen molar-refractivity contribution >= 4 is 28.7 Å². The second-order valence-electron chi connectivity index (χ2n) is 2.15. The van der Waals surface area contributed by atoms with E-state index in [4.69, 9.17) is 22.1 Å². The average molecular weight is 211 g/mol. The zero-order chi connectivity index (χ0) is 9.84. The summed E-state index contributed by atoms with van der Waals surface area (Å²) in [5.41, 5.74) is 0. The summed E-state index contributed by atoms with van der Waals surface area (Å²) in [5, 5.41) is 18.8. The number of ketones is 1. The fourth-order valence-electron chi connectivity index (χ4n) is 0.747. The van der Waals surface area contributed by atoms with Crippen molar-refractivity contribution in [2.75, 3.05) is 0 Å². The number of hydrogen-bond acceptors (Lipinski definition) is 4. The van der Waals surface area contributed by atoms with Crippen LogP contribution in [0.25, 0.3) is 0 Å². The maximum Gasteiger partial charge on any atom is 0.205 e. The molecule has 1 aromatic heterocycles. The van der Waals surface area contributed by atoms with Crippen LogP contribution in [-0.4, -0.2) is 5.78 Å². The molecule has 0 unspecified atom stereocenters. The van der Waals surface area contributed by atoms with Crippen LogP contribution in [-0.2, 0) is 0 Å². The highest BCUT2D eigenvalue weighted by Crippen LogP contribution is 2.24. The molecule has 64 valence electrons. The summed E-state index contributed by atoms with van der Waals surface area (Å²) in [4.78, 5) is 11.6. The van der Waals surface area contributed by atoms with E-state index in [0.717, 1.165) is 11.3 Å². The maximum atomic E-state index is 11.4. The molecule has 1 heterocycles. The van der Waals surface area contributed by atoms with Crippen LogP contribution >= 0.6 is 22.9 Å². The number of nitriles is 2. The van der Waals surface area contributed by atoms with Crippen LogP contribution in [0.3, 0.4) is 0 Å². The van der Waals surface area contributed by atoms with Gasteiger partial charge in [-0.3, -0.25) is 4.79 Å². The van der Waals surface area contributed by atoms with E-state index in [1.807, 2.05) is 0 Å². The van der Waals surface area contributed by atoms with E-state index in [9.17, 15) is 4.79 Å². The monoisotopic (exact) mass is 210 g/mol. The molecule has 13 heavy (non-hydrogen) atoms. The molecule has 3 nitrogen and oxygen atoms in total. The summed E-state index contributed by atoms with van der Waals surface area (Å²) in [6.45, 7) is 0. The van der Waals surface area contributed by atoms with Gasteiger partial charge in [0.05, 0.1) is 22.0 Å². The Hall–Kier alpha value is -1.36. The van der Waals surface area contributed by atoms with Crippen molar-refractivity contribution in [1.82, 2.24) is 0 Å². The van der Waals surface area contributed by atoms with Gasteiger partial charge in [0.1, 0.15) is 0 Å². The first-order valence-electron chi connectivity index (χ1n) is 3.27. The molecule has 0 aliphatic heterocycles. The number of thiophene rings is 1. The lowest BCUT2D eigenvalue weighted by Crippen LogP contribution is -2.09. The predicted molar refractivity (Wildman–Crippen MR) is 48.4 cm³/mol. The Labute approximate surface area is 83.8 Å². The molecule has 1 rings (SSSR count). The Balaban J connectivity index is 3.01. The lowest BCUT2D eigenvalue weighted by Gasteiger charge is -1.95. The van der Waals surface area contributed by atoms with Gasteiger partial charge in [0.15, 0.2) is 5.92 Å². The first-order chi connectivity index (χ1) is 6.20. The van der Waals surface area contributed by atoms with Crippen LogP contribution in [0, 0.1) is 28.6 Å². The Bertz CT molecular complexity index is 399. The van der Waals surface area contributed by atoms with Crippen molar-refractivity contribution in [3.05, 3.63) is 21.3 Å². The normalized spacial score (nSPS) is 9.23. The SMILES string of the molecule is N#CC(C#N)C(=O)c1sccc1Cl. The van der Waals surface area contributed by atoms with Gasteiger partial charge in [-0.1, -0.05) is 11.6 Å². The Kier molecular flexibility index (Phi) is 3.02. The van der Waals surface area contributed by atoms with Gasteiger partial charge < -0.3 is 0 Å². The van der Waals surface area contributed by atoms with Gasteiger partial charge in [-0.25, -0.2) is 0 Å². The smallest absolute Gasteiger partial charge is 0.205 e.